The Balaban J connectivity index is 1.83. The second-order valence-corrected chi connectivity index (χ2v) is 6.18. The van der Waals surface area contributed by atoms with Crippen LogP contribution in [0.5, 0.6) is 0 Å². The normalized spacial score (nSPS) is 16.3. The Hall–Kier alpha value is -0.620. The molecule has 1 aliphatic rings. The molecule has 0 spiro atoms. The third kappa shape index (κ3) is 3.68. The standard InChI is InChI=1S/C14H18INO2/c1-18-9-8-14(6-7-14)10-16-13(17)11-2-4-12(15)5-3-11/h2-5H,6-10H2,1H3,(H,16,17). The van der Waals surface area contributed by atoms with Crippen LogP contribution in [0.25, 0.3) is 0 Å². The van der Waals surface area contributed by atoms with Crippen molar-refractivity contribution >= 4 is 28.5 Å². The van der Waals surface area contributed by atoms with E-state index < -0.39 is 0 Å². The van der Waals surface area contributed by atoms with Crippen LogP contribution in [0.15, 0.2) is 24.3 Å². The second kappa shape index (κ2) is 6.02. The number of carbonyl (C=O) groups excluding carboxylic acids is 1. The first kappa shape index (κ1) is 13.8. The van der Waals surface area contributed by atoms with Gasteiger partial charge in [-0.1, -0.05) is 0 Å². The summed E-state index contributed by atoms with van der Waals surface area (Å²) in [4.78, 5) is 12.0. The van der Waals surface area contributed by atoms with E-state index in [0.29, 0.717) is 5.41 Å². The van der Waals surface area contributed by atoms with Gasteiger partial charge >= 0.3 is 0 Å². The van der Waals surface area contributed by atoms with E-state index in [1.165, 1.54) is 12.8 Å². The van der Waals surface area contributed by atoms with Crippen molar-refractivity contribution < 1.29 is 9.53 Å². The van der Waals surface area contributed by atoms with Crippen molar-refractivity contribution in [2.45, 2.75) is 19.3 Å². The van der Waals surface area contributed by atoms with E-state index in [9.17, 15) is 4.79 Å². The van der Waals surface area contributed by atoms with Crippen LogP contribution in [0.3, 0.4) is 0 Å². The molecule has 0 aromatic heterocycles. The number of halogens is 1. The topological polar surface area (TPSA) is 38.3 Å². The number of rotatable bonds is 6. The molecule has 0 atom stereocenters. The molecule has 0 radical (unpaired) electrons. The monoisotopic (exact) mass is 359 g/mol. The maximum absolute atomic E-state index is 12.0. The molecule has 98 valence electrons. The molecule has 1 fully saturated rings. The average molecular weight is 359 g/mol. The molecule has 0 heterocycles. The van der Waals surface area contributed by atoms with Gasteiger partial charge in [0.25, 0.3) is 5.91 Å². The van der Waals surface area contributed by atoms with E-state index in [1.54, 1.807) is 7.11 Å². The third-order valence-electron chi connectivity index (χ3n) is 3.52. The lowest BCUT2D eigenvalue weighted by atomic mass is 10.0. The van der Waals surface area contributed by atoms with Gasteiger partial charge in [-0.2, -0.15) is 0 Å². The highest BCUT2D eigenvalue weighted by atomic mass is 127. The zero-order valence-corrected chi connectivity index (χ0v) is 12.7. The summed E-state index contributed by atoms with van der Waals surface area (Å²) < 4.78 is 6.25. The summed E-state index contributed by atoms with van der Waals surface area (Å²) in [6.45, 7) is 1.54. The number of amides is 1. The van der Waals surface area contributed by atoms with Crippen molar-refractivity contribution in [2.24, 2.45) is 5.41 Å². The zero-order chi connectivity index (χ0) is 13.0. The number of carbonyl (C=O) groups is 1. The number of benzene rings is 1. The Bertz CT molecular complexity index is 412. The predicted octanol–water partition coefficient (Wildman–Crippen LogP) is 2.84. The molecule has 2 rings (SSSR count). The molecule has 4 heteroatoms. The van der Waals surface area contributed by atoms with Crippen molar-refractivity contribution in [3.05, 3.63) is 33.4 Å². The Morgan fingerprint density at radius 1 is 1.39 bits per heavy atom. The lowest BCUT2D eigenvalue weighted by molar-refractivity contribution is 0.0938. The molecule has 1 N–H and O–H groups in total. The van der Waals surface area contributed by atoms with Gasteiger partial charge in [-0.15, -0.1) is 0 Å². The van der Waals surface area contributed by atoms with Gasteiger partial charge in [0.05, 0.1) is 0 Å². The first-order chi connectivity index (χ1) is 8.65. The summed E-state index contributed by atoms with van der Waals surface area (Å²) in [5.74, 6) is 0.0232. The smallest absolute Gasteiger partial charge is 0.251 e. The van der Waals surface area contributed by atoms with E-state index >= 15 is 0 Å². The predicted molar refractivity (Wildman–Crippen MR) is 79.7 cm³/mol. The molecular weight excluding hydrogens is 341 g/mol. The summed E-state index contributed by atoms with van der Waals surface area (Å²) in [6, 6.07) is 7.64. The van der Waals surface area contributed by atoms with Crippen LogP contribution in [0.4, 0.5) is 0 Å². The fourth-order valence-electron chi connectivity index (χ4n) is 1.98. The highest BCUT2D eigenvalue weighted by Gasteiger charge is 2.42. The Labute approximate surface area is 121 Å². The first-order valence-corrected chi connectivity index (χ1v) is 7.26. The Kier molecular flexibility index (Phi) is 4.61. The third-order valence-corrected chi connectivity index (χ3v) is 4.24. The number of nitrogens with one attached hydrogen (secondary N) is 1. The molecule has 0 saturated heterocycles. The van der Waals surface area contributed by atoms with Crippen molar-refractivity contribution in [1.82, 2.24) is 5.32 Å². The molecule has 0 aliphatic heterocycles. The number of hydrogen-bond donors (Lipinski definition) is 1. The van der Waals surface area contributed by atoms with Crippen molar-refractivity contribution in [2.75, 3.05) is 20.3 Å². The van der Waals surface area contributed by atoms with E-state index in [1.807, 2.05) is 24.3 Å². The van der Waals surface area contributed by atoms with Gasteiger partial charge in [-0.3, -0.25) is 4.79 Å². The average Bonchev–Trinajstić information content (AvgIpc) is 3.15. The zero-order valence-electron chi connectivity index (χ0n) is 10.5. The highest BCUT2D eigenvalue weighted by Crippen LogP contribution is 2.48. The summed E-state index contributed by atoms with van der Waals surface area (Å²) >= 11 is 2.23. The molecule has 1 amide bonds. The van der Waals surface area contributed by atoms with Crippen LogP contribution < -0.4 is 5.32 Å². The van der Waals surface area contributed by atoms with Gasteiger partial charge in [0.2, 0.25) is 0 Å². The minimum atomic E-state index is 0.0232. The van der Waals surface area contributed by atoms with Crippen LogP contribution in [0.2, 0.25) is 0 Å². The van der Waals surface area contributed by atoms with Gasteiger partial charge in [-0.05, 0) is 71.5 Å². The van der Waals surface area contributed by atoms with Crippen LogP contribution in [0, 0.1) is 8.99 Å². The first-order valence-electron chi connectivity index (χ1n) is 6.18. The number of methoxy groups -OCH3 is 1. The SMILES string of the molecule is COCCC1(CNC(=O)c2ccc(I)cc2)CC1. The van der Waals surface area contributed by atoms with Gasteiger partial charge < -0.3 is 10.1 Å². The minimum Gasteiger partial charge on any atom is -0.385 e. The van der Waals surface area contributed by atoms with Gasteiger partial charge in [0, 0.05) is 29.4 Å². The van der Waals surface area contributed by atoms with Crippen LogP contribution in [-0.2, 0) is 4.74 Å². The molecular formula is C14H18INO2. The highest BCUT2D eigenvalue weighted by molar-refractivity contribution is 14.1. The lowest BCUT2D eigenvalue weighted by Crippen LogP contribution is -2.30. The van der Waals surface area contributed by atoms with Crippen LogP contribution in [-0.4, -0.2) is 26.2 Å². The molecule has 18 heavy (non-hydrogen) atoms. The van der Waals surface area contributed by atoms with E-state index in [0.717, 1.165) is 28.7 Å². The van der Waals surface area contributed by atoms with Crippen LogP contribution >= 0.6 is 22.6 Å². The molecule has 0 unspecified atom stereocenters. The largest absolute Gasteiger partial charge is 0.385 e. The maximum atomic E-state index is 12.0. The number of hydrogen-bond acceptors (Lipinski definition) is 2. The fourth-order valence-corrected chi connectivity index (χ4v) is 2.34. The van der Waals surface area contributed by atoms with Gasteiger partial charge in [0.15, 0.2) is 0 Å². The molecule has 1 aliphatic carbocycles. The Morgan fingerprint density at radius 3 is 2.61 bits per heavy atom. The summed E-state index contributed by atoms with van der Waals surface area (Å²) in [7, 11) is 1.72. The molecule has 0 bridgehead atoms. The molecule has 1 saturated carbocycles. The lowest BCUT2D eigenvalue weighted by Gasteiger charge is -2.15. The van der Waals surface area contributed by atoms with Crippen LogP contribution in [0.1, 0.15) is 29.6 Å². The van der Waals surface area contributed by atoms with E-state index in [4.69, 9.17) is 4.74 Å². The molecule has 1 aromatic rings. The quantitative estimate of drug-likeness (QED) is 0.794. The van der Waals surface area contributed by atoms with Crippen molar-refractivity contribution in [1.29, 1.82) is 0 Å². The van der Waals surface area contributed by atoms with E-state index in [2.05, 4.69) is 27.9 Å². The second-order valence-electron chi connectivity index (χ2n) is 4.93. The summed E-state index contributed by atoms with van der Waals surface area (Å²) in [5.41, 5.74) is 1.03. The summed E-state index contributed by atoms with van der Waals surface area (Å²) in [5, 5.41) is 3.03. The van der Waals surface area contributed by atoms with Crippen molar-refractivity contribution in [3.8, 4) is 0 Å². The minimum absolute atomic E-state index is 0.0232. The Morgan fingerprint density at radius 2 is 2.06 bits per heavy atom. The molecule has 1 aromatic carbocycles. The van der Waals surface area contributed by atoms with E-state index in [-0.39, 0.29) is 5.91 Å². The van der Waals surface area contributed by atoms with Gasteiger partial charge in [-0.25, -0.2) is 0 Å². The van der Waals surface area contributed by atoms with Crippen molar-refractivity contribution in [3.63, 3.8) is 0 Å². The maximum Gasteiger partial charge on any atom is 0.251 e. The molecule has 3 nitrogen and oxygen atoms in total. The fraction of sp³-hybridized carbons (Fsp3) is 0.500. The van der Waals surface area contributed by atoms with Gasteiger partial charge in [0.1, 0.15) is 0 Å². The summed E-state index contributed by atoms with van der Waals surface area (Å²) in [6.07, 6.45) is 3.43. The number of ether oxygens (including phenoxy) is 1.